The Morgan fingerprint density at radius 1 is 0.824 bits per heavy atom. The first-order chi connectivity index (χ1) is 7.37. The molecule has 0 radical (unpaired) electrons. The molecule has 4 nitrogen and oxygen atoms in total. The first-order valence-electron chi connectivity index (χ1n) is 3.81. The summed E-state index contributed by atoms with van der Waals surface area (Å²) in [5, 5.41) is 8.37. The molecule has 1 aromatic rings. The van der Waals surface area contributed by atoms with E-state index in [0.717, 1.165) is 0 Å². The van der Waals surface area contributed by atoms with E-state index in [9.17, 15) is 9.59 Å². The number of fused-ring (bicyclic) bond motifs is 1. The average Bonchev–Trinajstić information content (AvgIpc) is 2.48. The van der Waals surface area contributed by atoms with Crippen LogP contribution in [0.2, 0.25) is 20.1 Å². The van der Waals surface area contributed by atoms with Crippen molar-refractivity contribution in [3.05, 3.63) is 31.2 Å². The third kappa shape index (κ3) is 2.31. The fraction of sp³-hybridized carbons (Fsp3) is 0. The molecular formula is C8H2Cl4KNO3. The van der Waals surface area contributed by atoms with Gasteiger partial charge in [0.15, 0.2) is 0 Å². The molecule has 0 atom stereocenters. The van der Waals surface area contributed by atoms with Crippen molar-refractivity contribution in [2.45, 2.75) is 0 Å². The summed E-state index contributed by atoms with van der Waals surface area (Å²) < 4.78 is 0. The van der Waals surface area contributed by atoms with Gasteiger partial charge in [0.05, 0.1) is 31.2 Å². The van der Waals surface area contributed by atoms with Crippen molar-refractivity contribution in [3.63, 3.8) is 0 Å². The molecule has 0 saturated heterocycles. The molecule has 0 fully saturated rings. The number of nitrogens with zero attached hydrogens (tertiary/aromatic N) is 1. The van der Waals surface area contributed by atoms with Crippen LogP contribution in [0.25, 0.3) is 0 Å². The number of hydrogen-bond acceptors (Lipinski definition) is 3. The summed E-state index contributed by atoms with van der Waals surface area (Å²) in [7, 11) is 0. The second-order valence-electron chi connectivity index (χ2n) is 2.93. The zero-order chi connectivity index (χ0) is 12.2. The molecule has 1 aliphatic rings. The normalized spacial score (nSPS) is 13.8. The summed E-state index contributed by atoms with van der Waals surface area (Å²) >= 11 is 22.9. The van der Waals surface area contributed by atoms with E-state index in [1.54, 1.807) is 0 Å². The zero-order valence-electron chi connectivity index (χ0n) is 9.22. The van der Waals surface area contributed by atoms with Crippen molar-refractivity contribution in [1.29, 1.82) is 0 Å². The molecule has 0 unspecified atom stereocenters. The molecule has 86 valence electrons. The Kier molecular flexibility index (Phi) is 5.35. The van der Waals surface area contributed by atoms with E-state index >= 15 is 0 Å². The third-order valence-corrected chi connectivity index (χ3v) is 3.88. The van der Waals surface area contributed by atoms with Gasteiger partial charge in [0.1, 0.15) is 0 Å². The standard InChI is InChI=1S/C8HCl4NO3.K.H/c9-3-1-2(4(10)6(12)5(3)11)8(15)13(16)7(1)14;;/h16H;;/q;+1;-1. The SMILES string of the molecule is O=C1c2c(Cl)c(Cl)c(Cl)c(Cl)c2C(=O)N1O.[H-].[K+]. The zero-order valence-corrected chi connectivity index (χ0v) is 14.4. The second kappa shape index (κ2) is 5.62. The molecule has 0 bridgehead atoms. The van der Waals surface area contributed by atoms with Gasteiger partial charge in [-0.1, -0.05) is 46.4 Å². The van der Waals surface area contributed by atoms with Crippen molar-refractivity contribution in [3.8, 4) is 0 Å². The maximum atomic E-state index is 11.5. The molecule has 0 aromatic heterocycles. The molecular weight excluding hydrogens is 339 g/mol. The van der Waals surface area contributed by atoms with Crippen molar-refractivity contribution in [2.24, 2.45) is 0 Å². The van der Waals surface area contributed by atoms with Crippen molar-refractivity contribution in [1.82, 2.24) is 5.06 Å². The first-order valence-corrected chi connectivity index (χ1v) is 5.32. The average molecular weight is 341 g/mol. The van der Waals surface area contributed by atoms with E-state index in [2.05, 4.69) is 0 Å². The molecule has 0 aliphatic carbocycles. The fourth-order valence-electron chi connectivity index (χ4n) is 1.34. The van der Waals surface area contributed by atoms with Gasteiger partial charge in [0.2, 0.25) is 0 Å². The van der Waals surface area contributed by atoms with Gasteiger partial charge in [-0.25, -0.2) is 0 Å². The molecule has 17 heavy (non-hydrogen) atoms. The minimum Gasteiger partial charge on any atom is -1.00 e. The van der Waals surface area contributed by atoms with Gasteiger partial charge < -0.3 is 1.43 Å². The van der Waals surface area contributed by atoms with Crippen LogP contribution in [0.15, 0.2) is 0 Å². The molecule has 1 aromatic carbocycles. The largest absolute Gasteiger partial charge is 1.00 e. The number of amides is 2. The van der Waals surface area contributed by atoms with Gasteiger partial charge in [0, 0.05) is 0 Å². The van der Waals surface area contributed by atoms with Crippen LogP contribution in [0.3, 0.4) is 0 Å². The molecule has 1 heterocycles. The molecule has 2 amide bonds. The molecule has 2 rings (SSSR count). The summed E-state index contributed by atoms with van der Waals surface area (Å²) in [5.74, 6) is -1.96. The molecule has 0 spiro atoms. The number of hydroxylamine groups is 2. The van der Waals surface area contributed by atoms with Crippen LogP contribution in [-0.2, 0) is 0 Å². The summed E-state index contributed by atoms with van der Waals surface area (Å²) in [6.07, 6.45) is 0. The second-order valence-corrected chi connectivity index (χ2v) is 4.44. The minimum atomic E-state index is -0.981. The van der Waals surface area contributed by atoms with E-state index in [1.807, 2.05) is 0 Å². The molecule has 0 saturated carbocycles. The van der Waals surface area contributed by atoms with Gasteiger partial charge in [0.25, 0.3) is 11.8 Å². The monoisotopic (exact) mass is 339 g/mol. The Morgan fingerprint density at radius 2 is 1.12 bits per heavy atom. The predicted molar refractivity (Wildman–Crippen MR) is 59.9 cm³/mol. The van der Waals surface area contributed by atoms with Gasteiger partial charge in [-0.3, -0.25) is 14.8 Å². The Morgan fingerprint density at radius 3 is 1.41 bits per heavy atom. The summed E-state index contributed by atoms with van der Waals surface area (Å²) in [6, 6.07) is 0. The fourth-order valence-corrected chi connectivity index (χ4v) is 2.35. The van der Waals surface area contributed by atoms with Gasteiger partial charge >= 0.3 is 51.4 Å². The maximum absolute atomic E-state index is 11.5. The predicted octanol–water partition coefficient (Wildman–Crippen LogP) is 0.402. The van der Waals surface area contributed by atoms with Gasteiger partial charge in [-0.05, 0) is 0 Å². The number of carbonyl (C=O) groups excluding carboxylic acids is 2. The van der Waals surface area contributed by atoms with Crippen LogP contribution >= 0.6 is 46.4 Å². The smallest absolute Gasteiger partial charge is 1.00 e. The van der Waals surface area contributed by atoms with Crippen LogP contribution in [0.5, 0.6) is 0 Å². The topological polar surface area (TPSA) is 57.6 Å². The van der Waals surface area contributed by atoms with Crippen LogP contribution in [0.1, 0.15) is 22.1 Å². The van der Waals surface area contributed by atoms with Crippen molar-refractivity contribution < 1.29 is 67.6 Å². The van der Waals surface area contributed by atoms with E-state index in [1.165, 1.54) is 0 Å². The van der Waals surface area contributed by atoms with Gasteiger partial charge in [-0.15, -0.1) is 5.06 Å². The number of hydrogen-bond donors (Lipinski definition) is 1. The summed E-state index contributed by atoms with van der Waals surface area (Å²) in [4.78, 5) is 22.9. The van der Waals surface area contributed by atoms with E-state index in [-0.39, 0.29) is 89.1 Å². The summed E-state index contributed by atoms with van der Waals surface area (Å²) in [6.45, 7) is 0. The summed E-state index contributed by atoms with van der Waals surface area (Å²) in [5.41, 5.74) is -0.484. The Hall–Kier alpha value is 1.12. The molecule has 1 aliphatic heterocycles. The number of benzene rings is 1. The van der Waals surface area contributed by atoms with Crippen LogP contribution in [-0.4, -0.2) is 22.1 Å². The quantitative estimate of drug-likeness (QED) is 0.244. The number of rotatable bonds is 0. The Labute approximate surface area is 160 Å². The van der Waals surface area contributed by atoms with Crippen LogP contribution in [0, 0.1) is 0 Å². The number of halogens is 4. The van der Waals surface area contributed by atoms with E-state index in [0.29, 0.717) is 0 Å². The Balaban J connectivity index is 0.00000144. The van der Waals surface area contributed by atoms with Crippen molar-refractivity contribution >= 4 is 58.2 Å². The molecule has 1 N–H and O–H groups in total. The first kappa shape index (κ1) is 16.2. The Bertz CT molecular complexity index is 507. The van der Waals surface area contributed by atoms with Crippen LogP contribution < -0.4 is 51.4 Å². The van der Waals surface area contributed by atoms with Gasteiger partial charge in [-0.2, -0.15) is 0 Å². The molecule has 9 heteroatoms. The van der Waals surface area contributed by atoms with E-state index < -0.39 is 11.8 Å². The third-order valence-electron chi connectivity index (χ3n) is 2.08. The van der Waals surface area contributed by atoms with E-state index in [4.69, 9.17) is 51.6 Å². The number of carbonyl (C=O) groups is 2. The van der Waals surface area contributed by atoms with Crippen molar-refractivity contribution in [2.75, 3.05) is 0 Å². The number of imide groups is 1. The van der Waals surface area contributed by atoms with Crippen LogP contribution in [0.4, 0.5) is 0 Å². The minimum absolute atomic E-state index is 0. The maximum Gasteiger partial charge on any atom is 1.00 e.